The van der Waals surface area contributed by atoms with Crippen LogP contribution in [0.5, 0.6) is 23.1 Å². The van der Waals surface area contributed by atoms with Gasteiger partial charge in [-0.25, -0.2) is 14.8 Å². The highest BCUT2D eigenvalue weighted by molar-refractivity contribution is 6.31. The molecule has 0 bridgehead atoms. The van der Waals surface area contributed by atoms with Crippen molar-refractivity contribution in [2.45, 2.75) is 58.3 Å². The van der Waals surface area contributed by atoms with E-state index in [0.29, 0.717) is 51.3 Å². The number of hydrogen-bond donors (Lipinski definition) is 1. The number of nitrogens with one attached hydrogen (secondary N) is 1. The first-order chi connectivity index (χ1) is 20.5. The number of fused-ring (bicyclic) bond motifs is 1. The number of methoxy groups -OCH3 is 2. The summed E-state index contributed by atoms with van der Waals surface area (Å²) in [4.78, 5) is 35.7. The molecule has 2 amide bonds. The third kappa shape index (κ3) is 7.44. The van der Waals surface area contributed by atoms with E-state index in [1.807, 2.05) is 20.8 Å². The smallest absolute Gasteiger partial charge is 0.410 e. The molecule has 1 aliphatic rings. The number of rotatable bonds is 10. The zero-order valence-electron chi connectivity index (χ0n) is 24.6. The molecule has 2 aromatic carbocycles. The number of amides is 2. The van der Waals surface area contributed by atoms with Crippen molar-refractivity contribution in [2.75, 3.05) is 19.5 Å². The molecule has 1 N–H and O–H groups in total. The highest BCUT2D eigenvalue weighted by Gasteiger charge is 2.35. The van der Waals surface area contributed by atoms with Crippen molar-refractivity contribution >= 4 is 40.2 Å². The van der Waals surface area contributed by atoms with E-state index in [1.165, 1.54) is 17.2 Å². The summed E-state index contributed by atoms with van der Waals surface area (Å²) in [6.45, 7) is 5.78. The Balaban J connectivity index is 1.21. The average molecular weight is 609 g/mol. The Bertz CT molecular complexity index is 1650. The standard InChI is InChI=1S/C30H33ClN6O6/c1-30(2,3)43-29(39)37(20-8-9-20)14-18-6-7-19(10-23(18)31)35-27(38)16-36-15-21(13-34-36)42-28-22-11-25(40-4)26(41-5)12-24(22)32-17-33-28/h6-7,10-13,15,17,20H,8-9,14,16H2,1-5H3,(H,35,38). The Morgan fingerprint density at radius 1 is 1.09 bits per heavy atom. The van der Waals surface area contributed by atoms with Crippen molar-refractivity contribution < 1.29 is 28.5 Å². The van der Waals surface area contributed by atoms with Crippen LogP contribution in [0.15, 0.2) is 49.1 Å². The Morgan fingerprint density at radius 3 is 2.51 bits per heavy atom. The fourth-order valence-corrected chi connectivity index (χ4v) is 4.61. The molecule has 0 radical (unpaired) electrons. The molecule has 226 valence electrons. The van der Waals surface area contributed by atoms with Gasteiger partial charge in [-0.2, -0.15) is 5.10 Å². The number of carbonyl (C=O) groups is 2. The lowest BCUT2D eigenvalue weighted by molar-refractivity contribution is -0.116. The Labute approximate surface area is 253 Å². The monoisotopic (exact) mass is 608 g/mol. The first-order valence-corrected chi connectivity index (χ1v) is 14.1. The van der Waals surface area contributed by atoms with Crippen LogP contribution in [0.1, 0.15) is 39.2 Å². The van der Waals surface area contributed by atoms with E-state index in [4.69, 9.17) is 30.5 Å². The molecule has 43 heavy (non-hydrogen) atoms. The van der Waals surface area contributed by atoms with E-state index < -0.39 is 5.60 Å². The number of halogens is 1. The summed E-state index contributed by atoms with van der Waals surface area (Å²) >= 11 is 6.55. The van der Waals surface area contributed by atoms with E-state index in [1.54, 1.807) is 55.6 Å². The van der Waals surface area contributed by atoms with Gasteiger partial charge in [0.25, 0.3) is 0 Å². The highest BCUT2D eigenvalue weighted by Crippen LogP contribution is 2.36. The lowest BCUT2D eigenvalue weighted by atomic mass is 10.2. The number of carbonyl (C=O) groups excluding carboxylic acids is 2. The van der Waals surface area contributed by atoms with Gasteiger partial charge in [0.1, 0.15) is 18.5 Å². The number of benzene rings is 2. The Hall–Kier alpha value is -4.58. The fourth-order valence-electron chi connectivity index (χ4n) is 4.37. The number of aromatic nitrogens is 4. The molecule has 5 rings (SSSR count). The Morgan fingerprint density at radius 2 is 1.84 bits per heavy atom. The van der Waals surface area contributed by atoms with Crippen LogP contribution in [0.4, 0.5) is 10.5 Å². The van der Waals surface area contributed by atoms with Crippen LogP contribution in [0.25, 0.3) is 10.9 Å². The lowest BCUT2D eigenvalue weighted by Gasteiger charge is -2.27. The average Bonchev–Trinajstić information content (AvgIpc) is 3.70. The van der Waals surface area contributed by atoms with Crippen LogP contribution in [0.2, 0.25) is 5.02 Å². The van der Waals surface area contributed by atoms with Crippen molar-refractivity contribution in [3.8, 4) is 23.1 Å². The van der Waals surface area contributed by atoms with Gasteiger partial charge in [0, 0.05) is 22.8 Å². The molecule has 1 saturated carbocycles. The molecule has 4 aromatic rings. The van der Waals surface area contributed by atoms with Crippen LogP contribution < -0.4 is 19.5 Å². The van der Waals surface area contributed by atoms with E-state index >= 15 is 0 Å². The van der Waals surface area contributed by atoms with Crippen molar-refractivity contribution in [1.82, 2.24) is 24.6 Å². The molecule has 0 spiro atoms. The van der Waals surface area contributed by atoms with Gasteiger partial charge in [0.15, 0.2) is 17.2 Å². The summed E-state index contributed by atoms with van der Waals surface area (Å²) in [5.74, 6) is 1.43. The van der Waals surface area contributed by atoms with Crippen LogP contribution in [-0.2, 0) is 22.6 Å². The molecule has 1 aliphatic carbocycles. The summed E-state index contributed by atoms with van der Waals surface area (Å²) in [6, 6.07) is 8.83. The van der Waals surface area contributed by atoms with E-state index in [-0.39, 0.29) is 24.6 Å². The topological polar surface area (TPSA) is 130 Å². The molecule has 2 heterocycles. The highest BCUT2D eigenvalue weighted by atomic mass is 35.5. The second kappa shape index (κ2) is 12.3. The minimum absolute atomic E-state index is 0.0631. The molecule has 2 aromatic heterocycles. The third-order valence-electron chi connectivity index (χ3n) is 6.53. The predicted octanol–water partition coefficient (Wildman–Crippen LogP) is 5.83. The van der Waals surface area contributed by atoms with Gasteiger partial charge >= 0.3 is 6.09 Å². The summed E-state index contributed by atoms with van der Waals surface area (Å²) in [7, 11) is 3.09. The van der Waals surface area contributed by atoms with Crippen LogP contribution in [0, 0.1) is 0 Å². The molecular weight excluding hydrogens is 576 g/mol. The number of nitrogens with zero attached hydrogens (tertiary/aromatic N) is 5. The summed E-state index contributed by atoms with van der Waals surface area (Å²) in [5.41, 5.74) is 1.31. The van der Waals surface area contributed by atoms with Gasteiger partial charge in [0.2, 0.25) is 11.8 Å². The molecule has 1 fully saturated rings. The van der Waals surface area contributed by atoms with Crippen molar-refractivity contribution in [1.29, 1.82) is 0 Å². The summed E-state index contributed by atoms with van der Waals surface area (Å²) < 4.78 is 23.7. The number of ether oxygens (including phenoxy) is 4. The minimum atomic E-state index is -0.587. The van der Waals surface area contributed by atoms with Crippen LogP contribution >= 0.6 is 11.6 Å². The number of hydrogen-bond acceptors (Lipinski definition) is 9. The molecule has 0 atom stereocenters. The maximum atomic E-state index is 12.8. The van der Waals surface area contributed by atoms with E-state index in [2.05, 4.69) is 20.4 Å². The van der Waals surface area contributed by atoms with Crippen molar-refractivity contribution in [2.24, 2.45) is 0 Å². The van der Waals surface area contributed by atoms with Gasteiger partial charge in [0.05, 0.1) is 44.1 Å². The summed E-state index contributed by atoms with van der Waals surface area (Å²) in [5, 5.41) is 8.12. The second-order valence-corrected chi connectivity index (χ2v) is 11.5. The largest absolute Gasteiger partial charge is 0.493 e. The minimum Gasteiger partial charge on any atom is -0.493 e. The normalized spacial score (nSPS) is 13.0. The molecule has 0 aliphatic heterocycles. The van der Waals surface area contributed by atoms with Gasteiger partial charge in [-0.15, -0.1) is 0 Å². The van der Waals surface area contributed by atoms with Gasteiger partial charge in [-0.3, -0.25) is 9.48 Å². The molecule has 0 saturated heterocycles. The fraction of sp³-hybridized carbons (Fsp3) is 0.367. The van der Waals surface area contributed by atoms with Crippen LogP contribution in [-0.4, -0.2) is 62.5 Å². The lowest BCUT2D eigenvalue weighted by Crippen LogP contribution is -2.37. The maximum absolute atomic E-state index is 12.8. The third-order valence-corrected chi connectivity index (χ3v) is 6.88. The quantitative estimate of drug-likeness (QED) is 0.236. The zero-order chi connectivity index (χ0) is 30.7. The maximum Gasteiger partial charge on any atom is 0.410 e. The van der Waals surface area contributed by atoms with Crippen molar-refractivity contribution in [3.63, 3.8) is 0 Å². The van der Waals surface area contributed by atoms with Gasteiger partial charge in [-0.1, -0.05) is 17.7 Å². The molecular formula is C30H33ClN6O6. The summed E-state index contributed by atoms with van der Waals surface area (Å²) in [6.07, 6.45) is 5.98. The van der Waals surface area contributed by atoms with Crippen LogP contribution in [0.3, 0.4) is 0 Å². The van der Waals surface area contributed by atoms with Gasteiger partial charge < -0.3 is 29.2 Å². The number of anilines is 1. The zero-order valence-corrected chi connectivity index (χ0v) is 25.3. The van der Waals surface area contributed by atoms with E-state index in [0.717, 1.165) is 18.4 Å². The first-order valence-electron chi connectivity index (χ1n) is 13.7. The second-order valence-electron chi connectivity index (χ2n) is 11.1. The first kappa shape index (κ1) is 29.9. The van der Waals surface area contributed by atoms with E-state index in [9.17, 15) is 9.59 Å². The molecule has 12 nitrogen and oxygen atoms in total. The SMILES string of the molecule is COc1cc2ncnc(Oc3cnn(CC(=O)Nc4ccc(CN(C(=O)OC(C)(C)C)C5CC5)c(Cl)c4)c3)c2cc1OC. The van der Waals surface area contributed by atoms with Gasteiger partial charge in [-0.05, 0) is 57.4 Å². The molecule has 13 heteroatoms. The molecule has 0 unspecified atom stereocenters. The van der Waals surface area contributed by atoms with Crippen molar-refractivity contribution in [3.05, 3.63) is 59.6 Å². The predicted molar refractivity (Wildman–Crippen MR) is 160 cm³/mol. The Kier molecular flexibility index (Phi) is 8.58.